The summed E-state index contributed by atoms with van der Waals surface area (Å²) in [6.45, 7) is 5.30. The first-order valence-electron chi connectivity index (χ1n) is 7.32. The van der Waals surface area contributed by atoms with Gasteiger partial charge < -0.3 is 0 Å². The molecule has 0 saturated heterocycles. The first kappa shape index (κ1) is 17.6. The van der Waals surface area contributed by atoms with Gasteiger partial charge in [-0.3, -0.25) is 10.1 Å². The van der Waals surface area contributed by atoms with E-state index in [0.717, 1.165) is 17.8 Å². The Kier molecular flexibility index (Phi) is 5.48. The minimum absolute atomic E-state index is 0.213. The second-order valence-electron chi connectivity index (χ2n) is 5.32. The number of aromatic nitrogens is 2. The topological polar surface area (TPSA) is 89.0 Å². The summed E-state index contributed by atoms with van der Waals surface area (Å²) >= 11 is 1.34. The van der Waals surface area contributed by atoms with Crippen molar-refractivity contribution in [3.63, 3.8) is 0 Å². The molecule has 1 N–H and O–H groups in total. The molecule has 1 aromatic heterocycles. The van der Waals surface area contributed by atoms with E-state index in [0.29, 0.717) is 10.7 Å². The quantitative estimate of drug-likeness (QED) is 0.862. The van der Waals surface area contributed by atoms with Gasteiger partial charge in [0.05, 0.1) is 10.1 Å². The number of hydrogen-bond donors (Lipinski definition) is 1. The molecule has 0 aliphatic rings. The molecule has 8 heteroatoms. The van der Waals surface area contributed by atoms with Crippen molar-refractivity contribution in [2.45, 2.75) is 43.8 Å². The highest BCUT2D eigenvalue weighted by Crippen LogP contribution is 2.19. The summed E-state index contributed by atoms with van der Waals surface area (Å²) in [5.74, 6) is -0.335. The van der Waals surface area contributed by atoms with Crippen LogP contribution >= 0.6 is 11.3 Å². The lowest BCUT2D eigenvalue weighted by Gasteiger charge is -2.08. The number of anilines is 1. The van der Waals surface area contributed by atoms with Crippen molar-refractivity contribution in [2.24, 2.45) is 0 Å². The van der Waals surface area contributed by atoms with E-state index in [2.05, 4.69) is 15.5 Å². The average molecular weight is 353 g/mol. The lowest BCUT2D eigenvalue weighted by molar-refractivity contribution is 0.102. The van der Waals surface area contributed by atoms with Gasteiger partial charge in [0.1, 0.15) is 5.01 Å². The molecule has 0 atom stereocenters. The molecule has 0 radical (unpaired) electrons. The molecule has 23 heavy (non-hydrogen) atoms. The number of carbonyl (C=O) groups excluding carboxylic acids is 1. The zero-order valence-corrected chi connectivity index (χ0v) is 14.9. The predicted molar refractivity (Wildman–Crippen MR) is 90.6 cm³/mol. The number of amides is 1. The van der Waals surface area contributed by atoms with E-state index in [1.165, 1.54) is 35.6 Å². The van der Waals surface area contributed by atoms with Crippen molar-refractivity contribution in [1.82, 2.24) is 10.2 Å². The maximum Gasteiger partial charge on any atom is 0.257 e. The van der Waals surface area contributed by atoms with Crippen molar-refractivity contribution in [2.75, 3.05) is 5.32 Å². The van der Waals surface area contributed by atoms with Crippen LogP contribution in [0.3, 0.4) is 0 Å². The van der Waals surface area contributed by atoms with E-state index in [1.807, 2.05) is 6.92 Å². The fourth-order valence-electron chi connectivity index (χ4n) is 1.86. The first-order valence-corrected chi connectivity index (χ1v) is 9.68. The van der Waals surface area contributed by atoms with E-state index >= 15 is 0 Å². The Labute approximate surface area is 139 Å². The largest absolute Gasteiger partial charge is 0.296 e. The number of aryl methyl sites for hydroxylation is 1. The molecule has 1 aromatic carbocycles. The Morgan fingerprint density at radius 3 is 2.43 bits per heavy atom. The Hall–Kier alpha value is -1.80. The standard InChI is InChI=1S/C15H19N3O3S2/c1-4-5-13-17-18-15(22-13)16-14(19)11-6-8-12(9-7-11)23(20,21)10(2)3/h6-10H,4-5H2,1-3H3,(H,16,18,19). The van der Waals surface area contributed by atoms with Gasteiger partial charge in [-0.25, -0.2) is 8.42 Å². The number of sulfone groups is 1. The van der Waals surface area contributed by atoms with E-state index in [4.69, 9.17) is 0 Å². The number of nitrogens with one attached hydrogen (secondary N) is 1. The summed E-state index contributed by atoms with van der Waals surface area (Å²) in [6, 6.07) is 5.90. The molecule has 0 aliphatic heterocycles. The van der Waals surface area contributed by atoms with Gasteiger partial charge in [-0.1, -0.05) is 18.3 Å². The summed E-state index contributed by atoms with van der Waals surface area (Å²) in [7, 11) is -3.33. The molecule has 0 fully saturated rings. The fraction of sp³-hybridized carbons (Fsp3) is 0.400. The number of rotatable bonds is 6. The minimum atomic E-state index is -3.33. The third-order valence-electron chi connectivity index (χ3n) is 3.22. The van der Waals surface area contributed by atoms with Crippen LogP contribution in [-0.2, 0) is 16.3 Å². The smallest absolute Gasteiger partial charge is 0.257 e. The Balaban J connectivity index is 2.11. The summed E-state index contributed by atoms with van der Waals surface area (Å²) < 4.78 is 24.1. The highest BCUT2D eigenvalue weighted by Gasteiger charge is 2.19. The predicted octanol–water partition coefficient (Wildman–Crippen LogP) is 2.93. The van der Waals surface area contributed by atoms with Crippen molar-refractivity contribution in [3.05, 3.63) is 34.8 Å². The molecule has 0 bridgehead atoms. The molecule has 0 saturated carbocycles. The lowest BCUT2D eigenvalue weighted by Crippen LogP contribution is -2.15. The number of hydrogen-bond acceptors (Lipinski definition) is 6. The van der Waals surface area contributed by atoms with E-state index in [-0.39, 0.29) is 10.8 Å². The van der Waals surface area contributed by atoms with Crippen molar-refractivity contribution >= 4 is 32.2 Å². The zero-order chi connectivity index (χ0) is 17.0. The van der Waals surface area contributed by atoms with Crippen LogP contribution < -0.4 is 5.32 Å². The molecular formula is C15H19N3O3S2. The maximum atomic E-state index is 12.2. The fourth-order valence-corrected chi connectivity index (χ4v) is 3.75. The van der Waals surface area contributed by atoms with Crippen molar-refractivity contribution in [1.29, 1.82) is 0 Å². The van der Waals surface area contributed by atoms with Gasteiger partial charge in [0.25, 0.3) is 5.91 Å². The highest BCUT2D eigenvalue weighted by atomic mass is 32.2. The van der Waals surface area contributed by atoms with Crippen LogP contribution in [-0.4, -0.2) is 29.8 Å². The molecular weight excluding hydrogens is 334 g/mol. The summed E-state index contributed by atoms with van der Waals surface area (Å²) in [5, 5.41) is 11.4. The molecule has 0 aliphatic carbocycles. The van der Waals surface area contributed by atoms with Crippen LogP contribution in [0.15, 0.2) is 29.2 Å². The normalized spacial score (nSPS) is 11.7. The van der Waals surface area contributed by atoms with Crippen LogP contribution in [0.4, 0.5) is 5.13 Å². The molecule has 124 valence electrons. The summed E-state index contributed by atoms with van der Waals surface area (Å²) in [4.78, 5) is 12.4. The Morgan fingerprint density at radius 2 is 1.87 bits per heavy atom. The van der Waals surface area contributed by atoms with Crippen molar-refractivity contribution in [3.8, 4) is 0 Å². The molecule has 1 amide bonds. The van der Waals surface area contributed by atoms with Crippen LogP contribution in [0.5, 0.6) is 0 Å². The van der Waals surface area contributed by atoms with Gasteiger partial charge in [-0.15, -0.1) is 10.2 Å². The minimum Gasteiger partial charge on any atom is -0.296 e. The van der Waals surface area contributed by atoms with Gasteiger partial charge >= 0.3 is 0 Å². The second-order valence-corrected chi connectivity index (χ2v) is 8.89. The first-order chi connectivity index (χ1) is 10.8. The van der Waals surface area contributed by atoms with Gasteiger partial charge in [0.2, 0.25) is 5.13 Å². The third kappa shape index (κ3) is 4.14. The molecule has 2 rings (SSSR count). The van der Waals surface area contributed by atoms with Crippen molar-refractivity contribution < 1.29 is 13.2 Å². The Bertz CT molecular complexity index is 781. The van der Waals surface area contributed by atoms with Gasteiger partial charge in [-0.2, -0.15) is 0 Å². The molecule has 0 spiro atoms. The highest BCUT2D eigenvalue weighted by molar-refractivity contribution is 7.92. The van der Waals surface area contributed by atoms with Crippen LogP contribution in [0.25, 0.3) is 0 Å². The van der Waals surface area contributed by atoms with E-state index < -0.39 is 15.1 Å². The third-order valence-corrected chi connectivity index (χ3v) is 6.29. The monoisotopic (exact) mass is 353 g/mol. The number of carbonyl (C=O) groups is 1. The van der Waals surface area contributed by atoms with E-state index in [9.17, 15) is 13.2 Å². The zero-order valence-electron chi connectivity index (χ0n) is 13.2. The summed E-state index contributed by atoms with van der Waals surface area (Å²) in [5.41, 5.74) is 0.375. The van der Waals surface area contributed by atoms with Gasteiger partial charge in [-0.05, 0) is 44.5 Å². The van der Waals surface area contributed by atoms with Crippen LogP contribution in [0.1, 0.15) is 42.6 Å². The molecule has 2 aromatic rings. The maximum absolute atomic E-state index is 12.2. The summed E-state index contributed by atoms with van der Waals surface area (Å²) in [6.07, 6.45) is 1.80. The molecule has 6 nitrogen and oxygen atoms in total. The van der Waals surface area contributed by atoms with Crippen LogP contribution in [0.2, 0.25) is 0 Å². The molecule has 0 unspecified atom stereocenters. The number of nitrogens with zero attached hydrogens (tertiary/aromatic N) is 2. The molecule has 1 heterocycles. The van der Waals surface area contributed by atoms with Gasteiger partial charge in [0, 0.05) is 12.0 Å². The van der Waals surface area contributed by atoms with E-state index in [1.54, 1.807) is 13.8 Å². The lowest BCUT2D eigenvalue weighted by atomic mass is 10.2. The van der Waals surface area contributed by atoms with Gasteiger partial charge in [0.15, 0.2) is 9.84 Å². The Morgan fingerprint density at radius 1 is 1.22 bits per heavy atom. The second kappa shape index (κ2) is 7.18. The van der Waals surface area contributed by atoms with Crippen LogP contribution in [0, 0.1) is 0 Å². The number of benzene rings is 1. The SMILES string of the molecule is CCCc1nnc(NC(=O)c2ccc(S(=O)(=O)C(C)C)cc2)s1. The average Bonchev–Trinajstić information content (AvgIpc) is 2.94.